The van der Waals surface area contributed by atoms with Gasteiger partial charge in [-0.25, -0.2) is 4.39 Å². The first-order valence-corrected chi connectivity index (χ1v) is 7.42. The van der Waals surface area contributed by atoms with E-state index in [0.717, 1.165) is 31.7 Å². The average Bonchev–Trinajstić information content (AvgIpc) is 2.47. The first-order valence-electron chi connectivity index (χ1n) is 7.42. The van der Waals surface area contributed by atoms with Crippen molar-refractivity contribution in [2.24, 2.45) is 5.92 Å². The third-order valence-electron chi connectivity index (χ3n) is 4.30. The predicted octanol–water partition coefficient (Wildman–Crippen LogP) is 2.65. The molecule has 0 saturated carbocycles. The van der Waals surface area contributed by atoms with Crippen molar-refractivity contribution in [1.29, 1.82) is 0 Å². The summed E-state index contributed by atoms with van der Waals surface area (Å²) in [6.07, 6.45) is 1.17. The molecule has 1 aliphatic heterocycles. The fourth-order valence-electron chi connectivity index (χ4n) is 2.84. The lowest BCUT2D eigenvalue weighted by Gasteiger charge is -2.39. The molecule has 4 heteroatoms. The molecule has 0 bridgehead atoms. The molecule has 1 N–H and O–H groups in total. The minimum Gasteiger partial charge on any atom is -0.494 e. The van der Waals surface area contributed by atoms with Crippen molar-refractivity contribution in [1.82, 2.24) is 10.2 Å². The summed E-state index contributed by atoms with van der Waals surface area (Å²) in [7, 11) is 1.49. The Hall–Kier alpha value is -1.13. The minimum absolute atomic E-state index is 0.278. The number of methoxy groups -OCH3 is 1. The maximum atomic E-state index is 13.8. The van der Waals surface area contributed by atoms with E-state index in [1.54, 1.807) is 12.1 Å². The first-order chi connectivity index (χ1) is 9.65. The Balaban J connectivity index is 2.08. The molecule has 0 radical (unpaired) electrons. The number of hydrogen-bond donors (Lipinski definition) is 1. The number of nitrogens with zero attached hydrogens (tertiary/aromatic N) is 1. The molecule has 1 saturated heterocycles. The van der Waals surface area contributed by atoms with Crippen LogP contribution in [0.5, 0.6) is 5.75 Å². The standard InChI is InChI=1S/C16H25FN2O/c1-4-12(2)15-10-18-7-8-19(15)11-13-5-6-16(20-3)14(17)9-13/h5-6,9,12,15,18H,4,7-8,10-11H2,1-3H3. The highest BCUT2D eigenvalue weighted by atomic mass is 19.1. The van der Waals surface area contributed by atoms with Crippen LogP contribution in [0.4, 0.5) is 4.39 Å². The van der Waals surface area contributed by atoms with E-state index in [0.29, 0.717) is 17.7 Å². The molecule has 0 aliphatic carbocycles. The second kappa shape index (κ2) is 7.04. The molecule has 1 aliphatic rings. The predicted molar refractivity (Wildman–Crippen MR) is 79.5 cm³/mol. The molecular weight excluding hydrogens is 255 g/mol. The third kappa shape index (κ3) is 3.49. The van der Waals surface area contributed by atoms with Crippen LogP contribution in [0.3, 0.4) is 0 Å². The van der Waals surface area contributed by atoms with E-state index in [-0.39, 0.29) is 5.82 Å². The zero-order valence-electron chi connectivity index (χ0n) is 12.7. The molecule has 0 aromatic heterocycles. The van der Waals surface area contributed by atoms with Crippen molar-refractivity contribution < 1.29 is 9.13 Å². The quantitative estimate of drug-likeness (QED) is 0.897. The molecule has 1 heterocycles. The van der Waals surface area contributed by atoms with Gasteiger partial charge in [0.2, 0.25) is 0 Å². The van der Waals surface area contributed by atoms with Crippen molar-refractivity contribution in [2.75, 3.05) is 26.7 Å². The molecule has 0 spiro atoms. The highest BCUT2D eigenvalue weighted by Gasteiger charge is 2.26. The summed E-state index contributed by atoms with van der Waals surface area (Å²) in [6, 6.07) is 5.79. The third-order valence-corrected chi connectivity index (χ3v) is 4.30. The number of nitrogens with one attached hydrogen (secondary N) is 1. The van der Waals surface area contributed by atoms with Crippen LogP contribution < -0.4 is 10.1 Å². The van der Waals surface area contributed by atoms with Gasteiger partial charge in [-0.05, 0) is 23.6 Å². The lowest BCUT2D eigenvalue weighted by Crippen LogP contribution is -2.53. The van der Waals surface area contributed by atoms with Crippen LogP contribution in [0.15, 0.2) is 18.2 Å². The van der Waals surface area contributed by atoms with Crippen LogP contribution in [0, 0.1) is 11.7 Å². The Labute approximate surface area is 121 Å². The van der Waals surface area contributed by atoms with Crippen LogP contribution in [-0.4, -0.2) is 37.7 Å². The average molecular weight is 280 g/mol. The van der Waals surface area contributed by atoms with Crippen molar-refractivity contribution in [3.05, 3.63) is 29.6 Å². The Bertz CT molecular complexity index is 438. The second-order valence-electron chi connectivity index (χ2n) is 5.60. The number of rotatable bonds is 5. The smallest absolute Gasteiger partial charge is 0.165 e. The lowest BCUT2D eigenvalue weighted by molar-refractivity contribution is 0.109. The maximum absolute atomic E-state index is 13.8. The monoisotopic (exact) mass is 280 g/mol. The van der Waals surface area contributed by atoms with Gasteiger partial charge in [0, 0.05) is 32.2 Å². The molecule has 1 aromatic rings. The van der Waals surface area contributed by atoms with Crippen molar-refractivity contribution in [3.8, 4) is 5.75 Å². The van der Waals surface area contributed by atoms with Gasteiger partial charge in [0.05, 0.1) is 7.11 Å². The molecule has 1 aromatic carbocycles. The number of benzene rings is 1. The van der Waals surface area contributed by atoms with Gasteiger partial charge in [0.1, 0.15) is 0 Å². The van der Waals surface area contributed by atoms with Gasteiger partial charge in [-0.2, -0.15) is 0 Å². The van der Waals surface area contributed by atoms with E-state index in [9.17, 15) is 4.39 Å². The van der Waals surface area contributed by atoms with E-state index in [1.807, 2.05) is 6.07 Å². The van der Waals surface area contributed by atoms with Crippen LogP contribution in [0.25, 0.3) is 0 Å². The molecule has 3 nitrogen and oxygen atoms in total. The maximum Gasteiger partial charge on any atom is 0.165 e. The molecule has 2 rings (SSSR count). The summed E-state index contributed by atoms with van der Waals surface area (Å²) >= 11 is 0. The Morgan fingerprint density at radius 1 is 1.50 bits per heavy atom. The summed E-state index contributed by atoms with van der Waals surface area (Å²) < 4.78 is 18.7. The Morgan fingerprint density at radius 3 is 2.95 bits per heavy atom. The van der Waals surface area contributed by atoms with Crippen LogP contribution in [-0.2, 0) is 6.54 Å². The zero-order chi connectivity index (χ0) is 14.5. The summed E-state index contributed by atoms with van der Waals surface area (Å²) in [6.45, 7) is 8.36. The fraction of sp³-hybridized carbons (Fsp3) is 0.625. The van der Waals surface area contributed by atoms with Gasteiger partial charge in [0.15, 0.2) is 11.6 Å². The number of piperazine rings is 1. The molecule has 2 unspecified atom stereocenters. The van der Waals surface area contributed by atoms with Gasteiger partial charge < -0.3 is 10.1 Å². The Kier molecular flexibility index (Phi) is 5.38. The van der Waals surface area contributed by atoms with Crippen molar-refractivity contribution >= 4 is 0 Å². The molecular formula is C16H25FN2O. The van der Waals surface area contributed by atoms with Crippen LogP contribution in [0.2, 0.25) is 0 Å². The van der Waals surface area contributed by atoms with Crippen molar-refractivity contribution in [2.45, 2.75) is 32.9 Å². The SMILES string of the molecule is CCC(C)C1CNCCN1Cc1ccc(OC)c(F)c1. The normalized spacial score (nSPS) is 21.7. The number of ether oxygens (including phenoxy) is 1. The van der Waals surface area contributed by atoms with E-state index in [1.165, 1.54) is 13.5 Å². The van der Waals surface area contributed by atoms with Gasteiger partial charge in [-0.1, -0.05) is 26.3 Å². The van der Waals surface area contributed by atoms with E-state index in [2.05, 4.69) is 24.1 Å². The lowest BCUT2D eigenvalue weighted by atomic mass is 9.95. The van der Waals surface area contributed by atoms with Gasteiger partial charge >= 0.3 is 0 Å². The van der Waals surface area contributed by atoms with E-state index in [4.69, 9.17) is 4.74 Å². The van der Waals surface area contributed by atoms with Crippen LogP contribution in [0.1, 0.15) is 25.8 Å². The summed E-state index contributed by atoms with van der Waals surface area (Å²) in [5, 5.41) is 3.46. The summed E-state index contributed by atoms with van der Waals surface area (Å²) in [5.74, 6) is 0.679. The Morgan fingerprint density at radius 2 is 2.30 bits per heavy atom. The zero-order valence-corrected chi connectivity index (χ0v) is 12.7. The van der Waals surface area contributed by atoms with Crippen LogP contribution >= 0.6 is 0 Å². The fourth-order valence-corrected chi connectivity index (χ4v) is 2.84. The molecule has 1 fully saturated rings. The van der Waals surface area contributed by atoms with Gasteiger partial charge in [0.25, 0.3) is 0 Å². The second-order valence-corrected chi connectivity index (χ2v) is 5.60. The first kappa shape index (κ1) is 15.3. The topological polar surface area (TPSA) is 24.5 Å². The van der Waals surface area contributed by atoms with Gasteiger partial charge in [-0.3, -0.25) is 4.90 Å². The molecule has 0 amide bonds. The largest absolute Gasteiger partial charge is 0.494 e. The molecule has 20 heavy (non-hydrogen) atoms. The number of halogens is 1. The highest BCUT2D eigenvalue weighted by Crippen LogP contribution is 2.22. The highest BCUT2D eigenvalue weighted by molar-refractivity contribution is 5.29. The summed E-state index contributed by atoms with van der Waals surface area (Å²) in [4.78, 5) is 2.46. The minimum atomic E-state index is -0.278. The summed E-state index contributed by atoms with van der Waals surface area (Å²) in [5.41, 5.74) is 1.01. The van der Waals surface area contributed by atoms with Gasteiger partial charge in [-0.15, -0.1) is 0 Å². The number of hydrogen-bond acceptors (Lipinski definition) is 3. The molecule has 112 valence electrons. The van der Waals surface area contributed by atoms with E-state index < -0.39 is 0 Å². The van der Waals surface area contributed by atoms with Crippen molar-refractivity contribution in [3.63, 3.8) is 0 Å². The van der Waals surface area contributed by atoms with E-state index >= 15 is 0 Å². The molecule has 2 atom stereocenters.